The zero-order valence-electron chi connectivity index (χ0n) is 18.8. The number of carbonyl (C=O) groups is 2. The van der Waals surface area contributed by atoms with Crippen molar-refractivity contribution in [2.75, 3.05) is 39.9 Å². The molecule has 172 valence electrons. The zero-order valence-corrected chi connectivity index (χ0v) is 18.8. The molecule has 1 atom stereocenters. The van der Waals surface area contributed by atoms with Crippen LogP contribution in [0.4, 0.5) is 0 Å². The highest BCUT2D eigenvalue weighted by atomic mass is 16.5. The number of likely N-dealkylation sites (tertiary alicyclic amines) is 1. The van der Waals surface area contributed by atoms with Crippen molar-refractivity contribution >= 4 is 22.9 Å². The van der Waals surface area contributed by atoms with Gasteiger partial charge in [-0.05, 0) is 49.8 Å². The average Bonchev–Trinajstić information content (AvgIpc) is 2.97. The smallest absolute Gasteiger partial charge is 0.408 e. The van der Waals surface area contributed by atoms with E-state index in [0.717, 1.165) is 24.8 Å². The van der Waals surface area contributed by atoms with Gasteiger partial charge >= 0.3 is 5.76 Å². The molecule has 1 aromatic carbocycles. The van der Waals surface area contributed by atoms with Gasteiger partial charge in [0.25, 0.3) is 0 Å². The number of ether oxygens (including phenoxy) is 1. The van der Waals surface area contributed by atoms with Crippen molar-refractivity contribution < 1.29 is 18.7 Å². The van der Waals surface area contributed by atoms with E-state index in [4.69, 9.17) is 9.15 Å². The second-order valence-corrected chi connectivity index (χ2v) is 8.73. The minimum absolute atomic E-state index is 0.0319. The van der Waals surface area contributed by atoms with Crippen LogP contribution in [-0.4, -0.2) is 66.1 Å². The first kappa shape index (κ1) is 22.3. The quantitative estimate of drug-likeness (QED) is 0.642. The Morgan fingerprint density at radius 3 is 2.72 bits per heavy atom. The predicted molar refractivity (Wildman–Crippen MR) is 120 cm³/mol. The van der Waals surface area contributed by atoms with Gasteiger partial charge < -0.3 is 19.0 Å². The fraction of sp³-hybridized carbons (Fsp3) is 0.542. The van der Waals surface area contributed by atoms with E-state index < -0.39 is 5.76 Å². The first-order valence-corrected chi connectivity index (χ1v) is 11.3. The third-order valence-corrected chi connectivity index (χ3v) is 6.65. The minimum atomic E-state index is -0.513. The molecule has 1 fully saturated rings. The van der Waals surface area contributed by atoms with E-state index in [1.165, 1.54) is 4.57 Å². The lowest BCUT2D eigenvalue weighted by atomic mass is 9.81. The van der Waals surface area contributed by atoms with Crippen molar-refractivity contribution in [2.24, 2.45) is 11.8 Å². The monoisotopic (exact) mass is 441 g/mol. The summed E-state index contributed by atoms with van der Waals surface area (Å²) in [4.78, 5) is 42.0. The molecule has 2 aliphatic rings. The molecule has 2 amide bonds. The summed E-state index contributed by atoms with van der Waals surface area (Å²) in [7, 11) is 1.64. The number of benzene rings is 1. The highest BCUT2D eigenvalue weighted by molar-refractivity contribution is 5.81. The number of amides is 2. The van der Waals surface area contributed by atoms with Crippen LogP contribution >= 0.6 is 0 Å². The summed E-state index contributed by atoms with van der Waals surface area (Å²) in [5, 5.41) is 0. The zero-order chi connectivity index (χ0) is 22.7. The molecule has 1 aromatic heterocycles. The average molecular weight is 442 g/mol. The molecule has 2 aliphatic heterocycles. The summed E-state index contributed by atoms with van der Waals surface area (Å²) in [5.41, 5.74) is 2.14. The Labute approximate surface area is 187 Å². The Bertz CT molecular complexity index is 1060. The minimum Gasteiger partial charge on any atom is -0.408 e. The predicted octanol–water partition coefficient (Wildman–Crippen LogP) is 2.19. The van der Waals surface area contributed by atoms with Crippen LogP contribution in [0.15, 0.2) is 39.6 Å². The first-order valence-electron chi connectivity index (χ1n) is 11.3. The molecular formula is C24H31N3O5. The molecule has 8 heteroatoms. The standard InChI is InChI=1S/C24H31N3O5/c1-17-6-7-21-20(15-17)27(24(30)32-21)16-22(28)25-11-8-18(9-12-25)19-5-3-4-10-26(23(19)29)13-14-31-2/h3-4,6-7,15,18-19H,5,8-14,16H2,1-2H3. The number of carbonyl (C=O) groups excluding carboxylic acids is 2. The highest BCUT2D eigenvalue weighted by Crippen LogP contribution is 2.31. The molecule has 1 unspecified atom stereocenters. The van der Waals surface area contributed by atoms with Crippen molar-refractivity contribution in [3.63, 3.8) is 0 Å². The van der Waals surface area contributed by atoms with Crippen molar-refractivity contribution in [1.29, 1.82) is 0 Å². The number of oxazole rings is 1. The molecule has 0 N–H and O–H groups in total. The van der Waals surface area contributed by atoms with Crippen LogP contribution in [0.3, 0.4) is 0 Å². The van der Waals surface area contributed by atoms with E-state index in [-0.39, 0.29) is 30.2 Å². The van der Waals surface area contributed by atoms with Crippen molar-refractivity contribution in [3.8, 4) is 0 Å². The van der Waals surface area contributed by atoms with E-state index in [1.54, 1.807) is 18.1 Å². The number of hydrogen-bond donors (Lipinski definition) is 0. The summed E-state index contributed by atoms with van der Waals surface area (Å²) in [6.07, 6.45) is 6.48. The first-order chi connectivity index (χ1) is 15.5. The van der Waals surface area contributed by atoms with E-state index >= 15 is 0 Å². The second-order valence-electron chi connectivity index (χ2n) is 8.73. The van der Waals surface area contributed by atoms with E-state index in [1.807, 2.05) is 24.0 Å². The fourth-order valence-corrected chi connectivity index (χ4v) is 4.78. The van der Waals surface area contributed by atoms with Crippen molar-refractivity contribution in [2.45, 2.75) is 32.7 Å². The lowest BCUT2D eigenvalue weighted by Crippen LogP contribution is -2.45. The van der Waals surface area contributed by atoms with Crippen LogP contribution in [0.1, 0.15) is 24.8 Å². The number of fused-ring (bicyclic) bond motifs is 1. The number of methoxy groups -OCH3 is 1. The molecular weight excluding hydrogens is 410 g/mol. The fourth-order valence-electron chi connectivity index (χ4n) is 4.78. The van der Waals surface area contributed by atoms with Crippen LogP contribution in [0, 0.1) is 18.8 Å². The Hall–Kier alpha value is -2.87. The SMILES string of the molecule is COCCN1CC=CCC(C2CCN(C(=O)Cn3c(=O)oc4ccc(C)cc43)CC2)C1=O. The van der Waals surface area contributed by atoms with Gasteiger partial charge in [-0.3, -0.25) is 14.2 Å². The van der Waals surface area contributed by atoms with Gasteiger partial charge in [0.05, 0.1) is 12.1 Å². The number of rotatable bonds is 6. The van der Waals surface area contributed by atoms with Gasteiger partial charge in [-0.15, -0.1) is 0 Å². The molecule has 0 radical (unpaired) electrons. The molecule has 4 rings (SSSR count). The Morgan fingerprint density at radius 2 is 1.97 bits per heavy atom. The van der Waals surface area contributed by atoms with Gasteiger partial charge in [0.1, 0.15) is 6.54 Å². The molecule has 0 saturated carbocycles. The van der Waals surface area contributed by atoms with Gasteiger partial charge in [0, 0.05) is 39.2 Å². The van der Waals surface area contributed by atoms with E-state index in [2.05, 4.69) is 12.2 Å². The van der Waals surface area contributed by atoms with Crippen LogP contribution in [0.2, 0.25) is 0 Å². The second kappa shape index (κ2) is 9.73. The lowest BCUT2D eigenvalue weighted by molar-refractivity contribution is -0.138. The highest BCUT2D eigenvalue weighted by Gasteiger charge is 2.35. The van der Waals surface area contributed by atoms with Gasteiger partial charge in [0.2, 0.25) is 11.8 Å². The lowest BCUT2D eigenvalue weighted by Gasteiger charge is -2.36. The Balaban J connectivity index is 1.38. The number of hydrogen-bond acceptors (Lipinski definition) is 5. The van der Waals surface area contributed by atoms with Crippen LogP contribution in [-0.2, 0) is 20.9 Å². The number of aryl methyl sites for hydroxylation is 1. The van der Waals surface area contributed by atoms with Gasteiger partial charge in [-0.25, -0.2) is 4.79 Å². The molecule has 32 heavy (non-hydrogen) atoms. The Kier molecular flexibility index (Phi) is 6.79. The number of nitrogens with zero attached hydrogens (tertiary/aromatic N) is 3. The summed E-state index contributed by atoms with van der Waals surface area (Å²) in [6.45, 7) is 4.85. The molecule has 2 aromatic rings. The van der Waals surface area contributed by atoms with Crippen LogP contribution in [0.25, 0.3) is 11.1 Å². The summed E-state index contributed by atoms with van der Waals surface area (Å²) in [5.74, 6) is -0.223. The third kappa shape index (κ3) is 4.65. The normalized spacial score (nSPS) is 20.2. The Morgan fingerprint density at radius 1 is 1.19 bits per heavy atom. The molecule has 0 aliphatic carbocycles. The maximum absolute atomic E-state index is 13.1. The maximum atomic E-state index is 13.1. The summed E-state index contributed by atoms with van der Waals surface area (Å²) in [6, 6.07) is 5.50. The summed E-state index contributed by atoms with van der Waals surface area (Å²) < 4.78 is 11.8. The molecule has 8 nitrogen and oxygen atoms in total. The molecule has 3 heterocycles. The van der Waals surface area contributed by atoms with Gasteiger partial charge in [-0.2, -0.15) is 0 Å². The largest absolute Gasteiger partial charge is 0.420 e. The number of allylic oxidation sites excluding steroid dienone is 1. The van der Waals surface area contributed by atoms with Crippen LogP contribution in [0.5, 0.6) is 0 Å². The van der Waals surface area contributed by atoms with E-state index in [0.29, 0.717) is 43.9 Å². The molecule has 1 saturated heterocycles. The topological polar surface area (TPSA) is 85.0 Å². The number of aromatic nitrogens is 1. The number of piperidine rings is 1. The molecule has 0 spiro atoms. The third-order valence-electron chi connectivity index (χ3n) is 6.65. The molecule has 0 bridgehead atoms. The van der Waals surface area contributed by atoms with Gasteiger partial charge in [0.15, 0.2) is 5.58 Å². The van der Waals surface area contributed by atoms with E-state index in [9.17, 15) is 14.4 Å². The van der Waals surface area contributed by atoms with Crippen LogP contribution < -0.4 is 5.76 Å². The maximum Gasteiger partial charge on any atom is 0.420 e. The van der Waals surface area contributed by atoms with Gasteiger partial charge in [-0.1, -0.05) is 18.2 Å². The van der Waals surface area contributed by atoms with Crippen molar-refractivity contribution in [3.05, 3.63) is 46.5 Å². The van der Waals surface area contributed by atoms with Crippen molar-refractivity contribution in [1.82, 2.24) is 14.4 Å². The summed E-state index contributed by atoms with van der Waals surface area (Å²) >= 11 is 0.